The van der Waals surface area contributed by atoms with E-state index in [-0.39, 0.29) is 0 Å². The van der Waals surface area contributed by atoms with Crippen LogP contribution in [0.4, 0.5) is 0 Å². The first kappa shape index (κ1) is 11.0. The Kier molecular flexibility index (Phi) is 6.09. The molecule has 0 atom stereocenters. The van der Waals surface area contributed by atoms with Crippen molar-refractivity contribution in [2.45, 2.75) is 40.0 Å². The van der Waals surface area contributed by atoms with Crippen LogP contribution in [0.15, 0.2) is 23.3 Å². The predicted octanol–water partition coefficient (Wildman–Crippen LogP) is 3.59. The molecule has 0 aliphatic carbocycles. The van der Waals surface area contributed by atoms with Gasteiger partial charge in [-0.15, -0.1) is 0 Å². The van der Waals surface area contributed by atoms with Gasteiger partial charge in [0.1, 0.15) is 0 Å². The lowest BCUT2D eigenvalue weighted by Crippen LogP contribution is -1.74. The third kappa shape index (κ3) is 5.73. The van der Waals surface area contributed by atoms with Crippen LogP contribution in [0.1, 0.15) is 40.0 Å². The lowest BCUT2D eigenvalue weighted by Gasteiger charge is -1.93. The number of hydrogen-bond acceptors (Lipinski definition) is 1. The third-order valence-electron chi connectivity index (χ3n) is 1.85. The molecule has 66 valence electrons. The average molecular weight is 163 g/mol. The fraction of sp³-hybridized carbons (Fsp3) is 0.545. The van der Waals surface area contributed by atoms with E-state index in [1.807, 2.05) is 6.92 Å². The maximum absolute atomic E-state index is 8.39. The van der Waals surface area contributed by atoms with Crippen LogP contribution >= 0.6 is 0 Å². The molecule has 1 heteroatoms. The first-order valence-corrected chi connectivity index (χ1v) is 4.39. The highest BCUT2D eigenvalue weighted by Crippen LogP contribution is 2.04. The van der Waals surface area contributed by atoms with E-state index in [1.54, 1.807) is 0 Å². The summed E-state index contributed by atoms with van der Waals surface area (Å²) in [6, 6.07) is 2.13. The Bertz CT molecular complexity index is 216. The molecular formula is C11H17N. The quantitative estimate of drug-likeness (QED) is 0.581. The van der Waals surface area contributed by atoms with Gasteiger partial charge in [-0.2, -0.15) is 5.26 Å². The monoisotopic (exact) mass is 163 g/mol. The Morgan fingerprint density at radius 1 is 1.25 bits per heavy atom. The van der Waals surface area contributed by atoms with Crippen LogP contribution in [0.25, 0.3) is 0 Å². The van der Waals surface area contributed by atoms with Gasteiger partial charge in [-0.3, -0.25) is 0 Å². The van der Waals surface area contributed by atoms with Crippen molar-refractivity contribution in [3.63, 3.8) is 0 Å². The van der Waals surface area contributed by atoms with Gasteiger partial charge in [0.2, 0.25) is 0 Å². The average Bonchev–Trinajstić information content (AvgIpc) is 2.04. The van der Waals surface area contributed by atoms with Crippen LogP contribution in [0.3, 0.4) is 0 Å². The summed E-state index contributed by atoms with van der Waals surface area (Å²) in [6.45, 7) is 6.28. The number of nitriles is 1. The minimum Gasteiger partial charge on any atom is -0.198 e. The number of hydrogen-bond donors (Lipinski definition) is 0. The molecule has 1 nitrogen and oxygen atoms in total. The minimum absolute atomic E-state index is 0.555. The first-order valence-electron chi connectivity index (χ1n) is 4.39. The molecule has 0 unspecified atom stereocenters. The lowest BCUT2D eigenvalue weighted by molar-refractivity contribution is 1.07. The summed E-state index contributed by atoms with van der Waals surface area (Å²) in [4.78, 5) is 0. The van der Waals surface area contributed by atoms with Crippen LogP contribution in [0.2, 0.25) is 0 Å². The summed E-state index contributed by atoms with van der Waals surface area (Å²) < 4.78 is 0. The minimum atomic E-state index is 0.555. The van der Waals surface area contributed by atoms with Gasteiger partial charge in [0.15, 0.2) is 0 Å². The molecule has 0 aromatic heterocycles. The van der Waals surface area contributed by atoms with Gasteiger partial charge in [-0.05, 0) is 26.7 Å². The van der Waals surface area contributed by atoms with Crippen LogP contribution in [-0.4, -0.2) is 0 Å². The van der Waals surface area contributed by atoms with Crippen molar-refractivity contribution < 1.29 is 0 Å². The van der Waals surface area contributed by atoms with Crippen molar-refractivity contribution in [3.05, 3.63) is 23.3 Å². The van der Waals surface area contributed by atoms with Gasteiger partial charge >= 0.3 is 0 Å². The molecule has 0 N–H and O–H groups in total. The maximum Gasteiger partial charge on any atom is 0.0666 e. The fourth-order valence-corrected chi connectivity index (χ4v) is 0.803. The van der Waals surface area contributed by atoms with E-state index in [1.165, 1.54) is 5.57 Å². The Morgan fingerprint density at radius 3 is 2.33 bits per heavy atom. The zero-order valence-corrected chi connectivity index (χ0v) is 8.22. The van der Waals surface area contributed by atoms with E-state index in [9.17, 15) is 0 Å². The summed E-state index contributed by atoms with van der Waals surface area (Å²) in [5.41, 5.74) is 2.58. The number of rotatable bonds is 4. The van der Waals surface area contributed by atoms with Crippen molar-refractivity contribution in [1.82, 2.24) is 0 Å². The molecular weight excluding hydrogens is 146 g/mol. The maximum atomic E-state index is 8.39. The van der Waals surface area contributed by atoms with Crippen molar-refractivity contribution in [2.75, 3.05) is 0 Å². The number of nitrogens with zero attached hydrogens (tertiary/aromatic N) is 1. The molecule has 0 radical (unpaired) electrons. The van der Waals surface area contributed by atoms with Crippen LogP contribution in [0.5, 0.6) is 0 Å². The molecule has 0 amide bonds. The normalized spacial score (nSPS) is 12.8. The SMILES string of the molecule is CC/C(C)=C/C/C=C(\C)CC#N. The van der Waals surface area contributed by atoms with Crippen molar-refractivity contribution >= 4 is 0 Å². The molecule has 0 saturated heterocycles. The molecule has 0 fully saturated rings. The molecule has 0 aliphatic heterocycles. The number of allylic oxidation sites excluding steroid dienone is 4. The Balaban J connectivity index is 3.82. The first-order chi connectivity index (χ1) is 5.70. The van der Waals surface area contributed by atoms with Gasteiger partial charge in [0.25, 0.3) is 0 Å². The van der Waals surface area contributed by atoms with Gasteiger partial charge in [0, 0.05) is 0 Å². The predicted molar refractivity (Wildman–Crippen MR) is 52.7 cm³/mol. The van der Waals surface area contributed by atoms with Gasteiger partial charge in [-0.25, -0.2) is 0 Å². The van der Waals surface area contributed by atoms with E-state index in [0.29, 0.717) is 6.42 Å². The summed E-state index contributed by atoms with van der Waals surface area (Å²) in [6.07, 6.45) is 6.96. The van der Waals surface area contributed by atoms with Crippen LogP contribution in [0, 0.1) is 11.3 Å². The summed E-state index contributed by atoms with van der Waals surface area (Å²) in [5, 5.41) is 8.39. The molecule has 0 heterocycles. The third-order valence-corrected chi connectivity index (χ3v) is 1.85. The second kappa shape index (κ2) is 6.67. The van der Waals surface area contributed by atoms with Crippen molar-refractivity contribution in [2.24, 2.45) is 0 Å². The smallest absolute Gasteiger partial charge is 0.0666 e. The van der Waals surface area contributed by atoms with Crippen LogP contribution in [-0.2, 0) is 0 Å². The highest BCUT2D eigenvalue weighted by atomic mass is 14.2. The molecule has 0 bridgehead atoms. The highest BCUT2D eigenvalue weighted by molar-refractivity contribution is 5.09. The van der Waals surface area contributed by atoms with E-state index < -0.39 is 0 Å². The molecule has 0 aliphatic rings. The van der Waals surface area contributed by atoms with E-state index in [4.69, 9.17) is 5.26 Å². The second-order valence-corrected chi connectivity index (χ2v) is 3.03. The summed E-state index contributed by atoms with van der Waals surface area (Å²) >= 11 is 0. The molecule has 0 aromatic rings. The Labute approximate surface area is 75.4 Å². The second-order valence-electron chi connectivity index (χ2n) is 3.03. The zero-order chi connectivity index (χ0) is 9.40. The summed E-state index contributed by atoms with van der Waals surface area (Å²) in [5.74, 6) is 0. The molecule has 0 aromatic carbocycles. The Hall–Kier alpha value is -1.03. The van der Waals surface area contributed by atoms with Crippen molar-refractivity contribution in [3.8, 4) is 6.07 Å². The van der Waals surface area contributed by atoms with Gasteiger partial charge in [-0.1, -0.05) is 30.2 Å². The van der Waals surface area contributed by atoms with Crippen molar-refractivity contribution in [1.29, 1.82) is 5.26 Å². The van der Waals surface area contributed by atoms with Crippen LogP contribution < -0.4 is 0 Å². The Morgan fingerprint density at radius 2 is 1.83 bits per heavy atom. The molecule has 12 heavy (non-hydrogen) atoms. The van der Waals surface area contributed by atoms with E-state index in [0.717, 1.165) is 18.4 Å². The molecule has 0 rings (SSSR count). The fourth-order valence-electron chi connectivity index (χ4n) is 0.803. The van der Waals surface area contributed by atoms with E-state index >= 15 is 0 Å². The topological polar surface area (TPSA) is 23.8 Å². The van der Waals surface area contributed by atoms with Gasteiger partial charge < -0.3 is 0 Å². The lowest BCUT2D eigenvalue weighted by atomic mass is 10.1. The van der Waals surface area contributed by atoms with E-state index in [2.05, 4.69) is 32.1 Å². The molecule has 0 spiro atoms. The zero-order valence-electron chi connectivity index (χ0n) is 8.22. The van der Waals surface area contributed by atoms with Gasteiger partial charge in [0.05, 0.1) is 12.5 Å². The largest absolute Gasteiger partial charge is 0.198 e. The standard InChI is InChI=1S/C11H17N/c1-4-10(2)6-5-7-11(3)8-9-12/h6-7H,4-5,8H2,1-3H3/b10-6+,11-7+. The highest BCUT2D eigenvalue weighted by Gasteiger charge is 1.86. The summed E-state index contributed by atoms with van der Waals surface area (Å²) in [7, 11) is 0. The molecule has 0 saturated carbocycles.